The largest absolute Gasteiger partial charge is 0.382 e. The maximum Gasteiger partial charge on any atom is 0.0989 e. The van der Waals surface area contributed by atoms with E-state index in [1.807, 2.05) is 0 Å². The lowest BCUT2D eigenvalue weighted by atomic mass is 9.86. The summed E-state index contributed by atoms with van der Waals surface area (Å²) in [6, 6.07) is 0.124. The molecule has 0 radical (unpaired) electrons. The molecule has 0 aromatic rings. The molecule has 0 aliphatic heterocycles. The van der Waals surface area contributed by atoms with Gasteiger partial charge in [-0.2, -0.15) is 0 Å². The van der Waals surface area contributed by atoms with Gasteiger partial charge < -0.3 is 19.9 Å². The van der Waals surface area contributed by atoms with Crippen molar-refractivity contribution >= 4 is 0 Å². The fraction of sp³-hybridized carbons (Fsp3) is 1.00. The summed E-state index contributed by atoms with van der Waals surface area (Å²) < 4.78 is 16.2. The van der Waals surface area contributed by atoms with E-state index >= 15 is 0 Å². The van der Waals surface area contributed by atoms with Crippen molar-refractivity contribution in [2.45, 2.75) is 38.5 Å². The molecule has 0 spiro atoms. The van der Waals surface area contributed by atoms with Crippen LogP contribution in [0.15, 0.2) is 0 Å². The van der Waals surface area contributed by atoms with Crippen LogP contribution >= 0.6 is 0 Å². The number of rotatable bonds is 7. The van der Waals surface area contributed by atoms with E-state index in [1.165, 1.54) is 0 Å². The first-order valence-corrected chi connectivity index (χ1v) is 5.63. The van der Waals surface area contributed by atoms with E-state index in [-0.39, 0.29) is 18.2 Å². The number of ether oxygens (including phenoxy) is 3. The molecule has 1 aliphatic carbocycles. The minimum absolute atomic E-state index is 0.0545. The molecular formula is C11H23NO3. The fourth-order valence-corrected chi connectivity index (χ4v) is 1.59. The SMILES string of the molecule is COCCOC1C(N)CC1OCC(C)C. The maximum absolute atomic E-state index is 5.86. The van der Waals surface area contributed by atoms with Crippen LogP contribution in [0.2, 0.25) is 0 Å². The van der Waals surface area contributed by atoms with Gasteiger partial charge in [0, 0.05) is 19.8 Å². The molecule has 0 bridgehead atoms. The van der Waals surface area contributed by atoms with Crippen molar-refractivity contribution in [2.75, 3.05) is 26.9 Å². The third-order valence-electron chi connectivity index (χ3n) is 2.53. The Labute approximate surface area is 92.1 Å². The van der Waals surface area contributed by atoms with Gasteiger partial charge in [0.25, 0.3) is 0 Å². The fourth-order valence-electron chi connectivity index (χ4n) is 1.59. The van der Waals surface area contributed by atoms with E-state index in [2.05, 4.69) is 13.8 Å². The van der Waals surface area contributed by atoms with Gasteiger partial charge in [-0.3, -0.25) is 0 Å². The Morgan fingerprint density at radius 3 is 2.53 bits per heavy atom. The zero-order chi connectivity index (χ0) is 11.3. The summed E-state index contributed by atoms with van der Waals surface area (Å²) in [6.45, 7) is 6.26. The number of nitrogens with two attached hydrogens (primary N) is 1. The van der Waals surface area contributed by atoms with E-state index in [4.69, 9.17) is 19.9 Å². The predicted molar refractivity (Wildman–Crippen MR) is 58.8 cm³/mol. The lowest BCUT2D eigenvalue weighted by Gasteiger charge is -2.42. The Morgan fingerprint density at radius 2 is 2.00 bits per heavy atom. The number of methoxy groups -OCH3 is 1. The van der Waals surface area contributed by atoms with Crippen LogP contribution in [-0.4, -0.2) is 45.2 Å². The van der Waals surface area contributed by atoms with Crippen LogP contribution in [0.3, 0.4) is 0 Å². The van der Waals surface area contributed by atoms with Crippen LogP contribution in [0.4, 0.5) is 0 Å². The summed E-state index contributed by atoms with van der Waals surface area (Å²) in [5.74, 6) is 0.557. The molecule has 3 unspecified atom stereocenters. The summed E-state index contributed by atoms with van der Waals surface area (Å²) in [6.07, 6.45) is 1.14. The highest BCUT2D eigenvalue weighted by atomic mass is 16.6. The van der Waals surface area contributed by atoms with E-state index in [1.54, 1.807) is 7.11 Å². The van der Waals surface area contributed by atoms with Crippen molar-refractivity contribution in [3.8, 4) is 0 Å². The lowest BCUT2D eigenvalue weighted by Crippen LogP contribution is -2.58. The van der Waals surface area contributed by atoms with Gasteiger partial charge in [-0.15, -0.1) is 0 Å². The van der Waals surface area contributed by atoms with Crippen LogP contribution in [0.25, 0.3) is 0 Å². The Morgan fingerprint density at radius 1 is 1.27 bits per heavy atom. The molecule has 0 saturated heterocycles. The van der Waals surface area contributed by atoms with Crippen molar-refractivity contribution in [3.05, 3.63) is 0 Å². The average Bonchev–Trinajstić information content (AvgIpc) is 2.18. The van der Waals surface area contributed by atoms with Crippen LogP contribution in [0.5, 0.6) is 0 Å². The second kappa shape index (κ2) is 6.43. The quantitative estimate of drug-likeness (QED) is 0.641. The zero-order valence-corrected chi connectivity index (χ0v) is 9.94. The molecule has 15 heavy (non-hydrogen) atoms. The molecule has 1 rings (SSSR count). The van der Waals surface area contributed by atoms with Gasteiger partial charge in [-0.05, 0) is 12.3 Å². The average molecular weight is 217 g/mol. The predicted octanol–water partition coefficient (Wildman–Crippen LogP) is 0.790. The van der Waals surface area contributed by atoms with Crippen molar-refractivity contribution < 1.29 is 14.2 Å². The second-order valence-corrected chi connectivity index (χ2v) is 4.49. The zero-order valence-electron chi connectivity index (χ0n) is 9.94. The van der Waals surface area contributed by atoms with Crippen LogP contribution < -0.4 is 5.73 Å². The molecule has 1 aliphatic rings. The van der Waals surface area contributed by atoms with E-state index in [0.29, 0.717) is 19.1 Å². The summed E-state index contributed by atoms with van der Waals surface area (Å²) in [7, 11) is 1.66. The molecule has 1 saturated carbocycles. The van der Waals surface area contributed by atoms with E-state index in [9.17, 15) is 0 Å². The Hall–Kier alpha value is -0.160. The molecule has 0 aromatic carbocycles. The second-order valence-electron chi connectivity index (χ2n) is 4.49. The number of hydrogen-bond donors (Lipinski definition) is 1. The number of hydrogen-bond acceptors (Lipinski definition) is 4. The first-order chi connectivity index (χ1) is 7.15. The third kappa shape index (κ3) is 4.07. The molecule has 0 heterocycles. The highest BCUT2D eigenvalue weighted by molar-refractivity contribution is 4.95. The van der Waals surface area contributed by atoms with E-state index in [0.717, 1.165) is 13.0 Å². The van der Waals surface area contributed by atoms with Gasteiger partial charge in [-0.1, -0.05) is 13.8 Å². The molecule has 2 N–H and O–H groups in total. The standard InChI is InChI=1S/C11H23NO3/c1-8(2)7-15-10-6-9(12)11(10)14-5-4-13-3/h8-11H,4-7,12H2,1-3H3. The van der Waals surface area contributed by atoms with Crippen molar-refractivity contribution in [1.82, 2.24) is 0 Å². The van der Waals surface area contributed by atoms with Crippen molar-refractivity contribution in [1.29, 1.82) is 0 Å². The lowest BCUT2D eigenvalue weighted by molar-refractivity contribution is -0.148. The van der Waals surface area contributed by atoms with Gasteiger partial charge in [0.15, 0.2) is 0 Å². The summed E-state index contributed by atoms with van der Waals surface area (Å²) in [5, 5.41) is 0. The molecule has 0 aromatic heterocycles. The van der Waals surface area contributed by atoms with Gasteiger partial charge in [-0.25, -0.2) is 0 Å². The molecular weight excluding hydrogens is 194 g/mol. The van der Waals surface area contributed by atoms with Gasteiger partial charge >= 0.3 is 0 Å². The van der Waals surface area contributed by atoms with Crippen LogP contribution in [0, 0.1) is 5.92 Å². The normalized spacial score (nSPS) is 30.6. The molecule has 1 fully saturated rings. The molecule has 3 atom stereocenters. The van der Waals surface area contributed by atoms with Crippen LogP contribution in [-0.2, 0) is 14.2 Å². The summed E-state index contributed by atoms with van der Waals surface area (Å²) >= 11 is 0. The smallest absolute Gasteiger partial charge is 0.0989 e. The third-order valence-corrected chi connectivity index (χ3v) is 2.53. The first kappa shape index (κ1) is 12.9. The first-order valence-electron chi connectivity index (χ1n) is 5.63. The summed E-state index contributed by atoms with van der Waals surface area (Å²) in [5.41, 5.74) is 5.86. The van der Waals surface area contributed by atoms with E-state index < -0.39 is 0 Å². The van der Waals surface area contributed by atoms with Crippen LogP contribution in [0.1, 0.15) is 20.3 Å². The van der Waals surface area contributed by atoms with Crippen molar-refractivity contribution in [2.24, 2.45) is 11.7 Å². The Bertz CT molecular complexity index is 175. The minimum atomic E-state index is 0.0545. The monoisotopic (exact) mass is 217 g/mol. The molecule has 4 nitrogen and oxygen atoms in total. The highest BCUT2D eigenvalue weighted by Gasteiger charge is 2.40. The maximum atomic E-state index is 5.86. The topological polar surface area (TPSA) is 53.7 Å². The Kier molecular flexibility index (Phi) is 5.53. The van der Waals surface area contributed by atoms with Gasteiger partial charge in [0.05, 0.1) is 25.4 Å². The molecule has 4 heteroatoms. The minimum Gasteiger partial charge on any atom is -0.382 e. The molecule has 90 valence electrons. The summed E-state index contributed by atoms with van der Waals surface area (Å²) in [4.78, 5) is 0. The van der Waals surface area contributed by atoms with Gasteiger partial charge in [0.2, 0.25) is 0 Å². The Balaban J connectivity index is 2.16. The van der Waals surface area contributed by atoms with Crippen molar-refractivity contribution in [3.63, 3.8) is 0 Å². The highest BCUT2D eigenvalue weighted by Crippen LogP contribution is 2.26. The van der Waals surface area contributed by atoms with Gasteiger partial charge in [0.1, 0.15) is 0 Å². The molecule has 0 amide bonds.